The third kappa shape index (κ3) is 7.54. The number of sulfonamides is 1. The van der Waals surface area contributed by atoms with Crippen LogP contribution in [0.1, 0.15) is 58.8 Å². The highest BCUT2D eigenvalue weighted by Crippen LogP contribution is 2.38. The molecule has 1 heterocycles. The average Bonchev–Trinajstić information content (AvgIpc) is 3.72. The summed E-state index contributed by atoms with van der Waals surface area (Å²) < 4.78 is 74.7. The normalized spacial score (nSPS) is 16.3. The first kappa shape index (κ1) is 32.6. The molecule has 1 saturated carbocycles. The van der Waals surface area contributed by atoms with Crippen molar-refractivity contribution in [2.75, 3.05) is 24.0 Å². The third-order valence-electron chi connectivity index (χ3n) is 7.85. The number of fused-ring (bicyclic) bond motifs is 1. The fraction of sp³-hybridized carbons (Fsp3) is 0.355. The highest BCUT2D eigenvalue weighted by atomic mass is 35.5. The van der Waals surface area contributed by atoms with E-state index in [-0.39, 0.29) is 57.7 Å². The molecule has 0 aromatic heterocycles. The van der Waals surface area contributed by atoms with Crippen LogP contribution in [0, 0.1) is 6.92 Å². The van der Waals surface area contributed by atoms with Crippen LogP contribution in [0.2, 0.25) is 5.02 Å². The van der Waals surface area contributed by atoms with Crippen LogP contribution >= 0.6 is 11.6 Å². The van der Waals surface area contributed by atoms with Crippen LogP contribution in [-0.4, -0.2) is 45.5 Å². The summed E-state index contributed by atoms with van der Waals surface area (Å²) in [6.07, 6.45) is -2.88. The largest absolute Gasteiger partial charge is 0.489 e. The van der Waals surface area contributed by atoms with E-state index in [9.17, 15) is 31.2 Å². The van der Waals surface area contributed by atoms with E-state index in [0.29, 0.717) is 6.42 Å². The average molecular weight is 665 g/mol. The van der Waals surface area contributed by atoms with Crippen LogP contribution in [0.3, 0.4) is 0 Å². The number of nitrogens with one attached hydrogen (secondary N) is 2. The molecule has 9 nitrogen and oxygen atoms in total. The molecule has 0 unspecified atom stereocenters. The van der Waals surface area contributed by atoms with Gasteiger partial charge in [-0.1, -0.05) is 23.7 Å². The summed E-state index contributed by atoms with van der Waals surface area (Å²) in [5.41, 5.74) is 5.53. The molecule has 4 N–H and O–H groups in total. The Labute approximate surface area is 263 Å². The Kier molecular flexibility index (Phi) is 9.07. The number of aryl methyl sites for hydroxylation is 1. The number of rotatable bonds is 10. The van der Waals surface area contributed by atoms with Gasteiger partial charge in [-0.05, 0) is 85.8 Å². The van der Waals surface area contributed by atoms with Crippen LogP contribution < -0.4 is 25.4 Å². The van der Waals surface area contributed by atoms with Crippen LogP contribution in [-0.2, 0) is 21.0 Å². The van der Waals surface area contributed by atoms with Gasteiger partial charge in [0.2, 0.25) is 5.91 Å². The lowest BCUT2D eigenvalue weighted by atomic mass is 9.99. The summed E-state index contributed by atoms with van der Waals surface area (Å²) in [6, 6.07) is 12.0. The molecule has 14 heteroatoms. The van der Waals surface area contributed by atoms with Gasteiger partial charge in [-0.15, -0.1) is 0 Å². The second-order valence-corrected chi connectivity index (χ2v) is 13.6. The van der Waals surface area contributed by atoms with E-state index in [2.05, 4.69) is 10.6 Å². The molecule has 0 saturated heterocycles. The second-order valence-electron chi connectivity index (χ2n) is 11.4. The molecule has 0 bridgehead atoms. The number of nitrogens with zero attached hydrogens (tertiary/aromatic N) is 1. The molecule has 2 amide bonds. The highest BCUT2D eigenvalue weighted by Gasteiger charge is 2.38. The van der Waals surface area contributed by atoms with E-state index in [4.69, 9.17) is 22.1 Å². The first-order valence-electron chi connectivity index (χ1n) is 14.3. The number of anilines is 1. The minimum atomic E-state index is -4.69. The van der Waals surface area contributed by atoms with Gasteiger partial charge in [-0.2, -0.15) is 13.2 Å². The lowest BCUT2D eigenvalue weighted by Crippen LogP contribution is -2.38. The summed E-state index contributed by atoms with van der Waals surface area (Å²) in [6.45, 7) is 2.10. The van der Waals surface area contributed by atoms with Crippen LogP contribution in [0.15, 0.2) is 65.6 Å². The number of carbonyl (C=O) groups excluding carboxylic acids is 2. The molecular weight excluding hydrogens is 633 g/mol. The molecule has 240 valence electrons. The summed E-state index contributed by atoms with van der Waals surface area (Å²) >= 11 is 6.30. The SMILES string of the molecule is Cc1cccc(S(=O)(=O)N2CCOc3ccc(C(=O)N[C@@H](CC(=O)NCCC4(N)CC4)c4cc(C(F)(F)F)ccc4Cl)cc32)c1. The van der Waals surface area contributed by atoms with Gasteiger partial charge in [0.25, 0.3) is 15.9 Å². The van der Waals surface area contributed by atoms with E-state index in [1.54, 1.807) is 19.1 Å². The molecule has 45 heavy (non-hydrogen) atoms. The monoisotopic (exact) mass is 664 g/mol. The first-order valence-corrected chi connectivity index (χ1v) is 16.1. The van der Waals surface area contributed by atoms with Crippen molar-refractivity contribution >= 4 is 39.1 Å². The zero-order valence-electron chi connectivity index (χ0n) is 24.3. The van der Waals surface area contributed by atoms with Gasteiger partial charge in [-0.3, -0.25) is 13.9 Å². The van der Waals surface area contributed by atoms with Gasteiger partial charge in [-0.25, -0.2) is 8.42 Å². The zero-order valence-corrected chi connectivity index (χ0v) is 25.9. The fourth-order valence-electron chi connectivity index (χ4n) is 5.07. The summed E-state index contributed by atoms with van der Waals surface area (Å²) in [7, 11) is -4.03. The van der Waals surface area contributed by atoms with Crippen molar-refractivity contribution in [2.45, 2.75) is 55.3 Å². The first-order chi connectivity index (χ1) is 21.2. The number of halogens is 4. The topological polar surface area (TPSA) is 131 Å². The summed E-state index contributed by atoms with van der Waals surface area (Å²) in [5, 5.41) is 5.27. The number of hydrogen-bond donors (Lipinski definition) is 3. The van der Waals surface area contributed by atoms with E-state index in [0.717, 1.165) is 40.9 Å². The Bertz CT molecular complexity index is 1730. The number of amides is 2. The smallest absolute Gasteiger partial charge is 0.416 e. The molecule has 3 aromatic rings. The molecule has 0 spiro atoms. The van der Waals surface area contributed by atoms with Gasteiger partial charge >= 0.3 is 6.18 Å². The minimum Gasteiger partial charge on any atom is -0.489 e. The fourth-order valence-corrected chi connectivity index (χ4v) is 6.88. The Morgan fingerprint density at radius 2 is 1.87 bits per heavy atom. The lowest BCUT2D eigenvalue weighted by Gasteiger charge is -2.31. The molecule has 3 aromatic carbocycles. The van der Waals surface area contributed by atoms with E-state index >= 15 is 0 Å². The quantitative estimate of drug-likeness (QED) is 0.276. The summed E-state index contributed by atoms with van der Waals surface area (Å²) in [5.74, 6) is -1.05. The maximum Gasteiger partial charge on any atom is 0.416 e. The van der Waals surface area contributed by atoms with Gasteiger partial charge in [0.15, 0.2) is 0 Å². The standard InChI is InChI=1S/C31H32ClF3N4O5S/c1-19-3-2-4-22(15-19)45(42,43)39-13-14-44-27-8-5-20(16-26(27)39)29(41)38-25(18-28(40)37-12-11-30(36)9-10-30)23-17-21(31(33,34)35)6-7-24(23)32/h2-8,15-17,25H,9-14,18,36H2,1H3,(H,37,40)(H,38,41)/t25-/m0/s1. The van der Waals surface area contributed by atoms with E-state index < -0.39 is 46.0 Å². The number of nitrogens with two attached hydrogens (primary N) is 1. The molecule has 2 aliphatic rings. The highest BCUT2D eigenvalue weighted by molar-refractivity contribution is 7.92. The van der Waals surface area contributed by atoms with Crippen molar-refractivity contribution in [1.29, 1.82) is 0 Å². The Morgan fingerprint density at radius 1 is 1.11 bits per heavy atom. The van der Waals surface area contributed by atoms with Crippen molar-refractivity contribution in [3.63, 3.8) is 0 Å². The maximum atomic E-state index is 13.6. The molecular formula is C31H32ClF3N4O5S. The molecule has 1 aliphatic carbocycles. The molecule has 5 rings (SSSR count). The Morgan fingerprint density at radius 3 is 2.56 bits per heavy atom. The predicted octanol–water partition coefficient (Wildman–Crippen LogP) is 5.11. The third-order valence-corrected chi connectivity index (χ3v) is 10.0. The van der Waals surface area contributed by atoms with Gasteiger partial charge < -0.3 is 21.1 Å². The van der Waals surface area contributed by atoms with Gasteiger partial charge in [0.05, 0.1) is 35.2 Å². The maximum absolute atomic E-state index is 13.6. The number of ether oxygens (including phenoxy) is 1. The molecule has 1 fully saturated rings. The van der Waals surface area contributed by atoms with Gasteiger partial charge in [0.1, 0.15) is 12.4 Å². The van der Waals surface area contributed by atoms with E-state index in [1.165, 1.54) is 30.3 Å². The molecule has 1 aliphatic heterocycles. The zero-order chi connectivity index (χ0) is 32.6. The van der Waals surface area contributed by atoms with Gasteiger partial charge in [0, 0.05) is 22.7 Å². The number of benzene rings is 3. The predicted molar refractivity (Wildman–Crippen MR) is 163 cm³/mol. The molecule has 1 atom stereocenters. The molecule has 0 radical (unpaired) electrons. The van der Waals surface area contributed by atoms with Crippen molar-refractivity contribution < 1.29 is 35.9 Å². The lowest BCUT2D eigenvalue weighted by molar-refractivity contribution is -0.137. The van der Waals surface area contributed by atoms with Crippen molar-refractivity contribution in [1.82, 2.24) is 10.6 Å². The van der Waals surface area contributed by atoms with Crippen LogP contribution in [0.4, 0.5) is 18.9 Å². The minimum absolute atomic E-state index is 0.00370. The summed E-state index contributed by atoms with van der Waals surface area (Å²) in [4.78, 5) is 26.5. The second kappa shape index (κ2) is 12.5. The Hall–Kier alpha value is -3.81. The number of carbonyl (C=O) groups is 2. The van der Waals surface area contributed by atoms with Crippen molar-refractivity contribution in [3.8, 4) is 5.75 Å². The Balaban J connectivity index is 1.43. The number of alkyl halides is 3. The van der Waals surface area contributed by atoms with Crippen molar-refractivity contribution in [3.05, 3.63) is 87.9 Å². The van der Waals surface area contributed by atoms with Crippen molar-refractivity contribution in [2.24, 2.45) is 5.73 Å². The number of hydrogen-bond acceptors (Lipinski definition) is 6. The van der Waals surface area contributed by atoms with Crippen LogP contribution in [0.5, 0.6) is 5.75 Å². The van der Waals surface area contributed by atoms with Crippen LogP contribution in [0.25, 0.3) is 0 Å². The van der Waals surface area contributed by atoms with E-state index in [1.807, 2.05) is 0 Å².